The summed E-state index contributed by atoms with van der Waals surface area (Å²) in [6, 6.07) is 9.68. The van der Waals surface area contributed by atoms with Crippen molar-refractivity contribution in [1.82, 2.24) is 14.5 Å². The number of carbonyl (C=O) groups is 1. The Morgan fingerprint density at radius 1 is 1.09 bits per heavy atom. The third kappa shape index (κ3) is 4.11. The molecule has 0 saturated carbocycles. The molecule has 2 saturated heterocycles. The number of piperidine rings is 2. The normalized spacial score (nSPS) is 21.6. The first-order valence-corrected chi connectivity index (χ1v) is 11.6. The molecule has 1 aromatic heterocycles. The quantitative estimate of drug-likeness (QED) is 0.462. The molecule has 2 aromatic carbocycles. The molecule has 0 N–H and O–H groups in total. The van der Waals surface area contributed by atoms with Crippen molar-refractivity contribution < 1.29 is 18.3 Å². The summed E-state index contributed by atoms with van der Waals surface area (Å²) >= 11 is 0. The zero-order valence-electron chi connectivity index (χ0n) is 19.3. The number of rotatable bonds is 4. The largest absolute Gasteiger partial charge is 0.495 e. The Balaban J connectivity index is 1.45. The molecule has 34 heavy (non-hydrogen) atoms. The molecule has 0 radical (unpaired) electrons. The molecular formula is C27H27F2N3O2. The molecule has 0 unspecified atom stereocenters. The van der Waals surface area contributed by atoms with Crippen molar-refractivity contribution in [2.75, 3.05) is 7.11 Å². The Morgan fingerprint density at radius 3 is 2.68 bits per heavy atom. The summed E-state index contributed by atoms with van der Waals surface area (Å²) in [6.45, 7) is 1.93. The Kier molecular flexibility index (Phi) is 5.94. The highest BCUT2D eigenvalue weighted by molar-refractivity contribution is 5.99. The Bertz CT molecular complexity index is 1270. The number of aromatic nitrogens is 2. The van der Waals surface area contributed by atoms with E-state index < -0.39 is 11.6 Å². The molecule has 2 atom stereocenters. The number of hydrogen-bond acceptors (Lipinski definition) is 3. The van der Waals surface area contributed by atoms with Crippen LogP contribution in [0.2, 0.25) is 0 Å². The second-order valence-corrected chi connectivity index (χ2v) is 9.05. The van der Waals surface area contributed by atoms with Crippen LogP contribution in [-0.4, -0.2) is 33.5 Å². The number of amides is 1. The Morgan fingerprint density at radius 2 is 1.94 bits per heavy atom. The Hall–Kier alpha value is -3.48. The monoisotopic (exact) mass is 463 g/mol. The number of methoxy groups -OCH3 is 1. The molecule has 3 heterocycles. The summed E-state index contributed by atoms with van der Waals surface area (Å²) in [5.41, 5.74) is 4.03. The number of aryl methyl sites for hydroxylation is 1. The molecule has 0 bridgehead atoms. The van der Waals surface area contributed by atoms with Gasteiger partial charge in [-0.15, -0.1) is 0 Å². The predicted octanol–water partition coefficient (Wildman–Crippen LogP) is 5.77. The van der Waals surface area contributed by atoms with Gasteiger partial charge in [0.2, 0.25) is 0 Å². The van der Waals surface area contributed by atoms with Crippen molar-refractivity contribution in [1.29, 1.82) is 0 Å². The topological polar surface area (TPSA) is 47.4 Å². The number of carbonyl (C=O) groups excluding carboxylic acids is 1. The van der Waals surface area contributed by atoms with Crippen LogP contribution in [-0.2, 0) is 4.79 Å². The van der Waals surface area contributed by atoms with Crippen LogP contribution in [0.1, 0.15) is 55.0 Å². The molecule has 5 nitrogen and oxygen atoms in total. The van der Waals surface area contributed by atoms with E-state index in [-0.39, 0.29) is 18.0 Å². The summed E-state index contributed by atoms with van der Waals surface area (Å²) < 4.78 is 35.0. The SMILES string of the molecule is COc1cc(C=C2CC[C@H]3CCC[C@H](c4ccc(F)c(F)c4)N3C2=O)ccc1-n1cnc(C)c1. The smallest absolute Gasteiger partial charge is 0.250 e. The highest BCUT2D eigenvalue weighted by Crippen LogP contribution is 2.41. The average molecular weight is 464 g/mol. The van der Waals surface area contributed by atoms with Crippen LogP contribution in [0.25, 0.3) is 11.8 Å². The maximum Gasteiger partial charge on any atom is 0.250 e. The highest BCUT2D eigenvalue weighted by atomic mass is 19.2. The van der Waals surface area contributed by atoms with Crippen molar-refractivity contribution >= 4 is 12.0 Å². The standard InChI is InChI=1S/C27H27F2N3O2/c1-17-15-31(16-30-17)25-11-6-18(13-26(25)34-2)12-20-7-9-21-4-3-5-24(32(21)27(20)33)19-8-10-22(28)23(29)14-19/h6,8,10-16,21,24H,3-5,7,9H2,1-2H3/t21-,24-/m1/s1. The molecule has 7 heteroatoms. The lowest BCUT2D eigenvalue weighted by Gasteiger charge is -2.46. The van der Waals surface area contributed by atoms with E-state index >= 15 is 0 Å². The van der Waals surface area contributed by atoms with Gasteiger partial charge in [-0.05, 0) is 80.5 Å². The van der Waals surface area contributed by atoms with Crippen LogP contribution in [0.4, 0.5) is 8.78 Å². The molecular weight excluding hydrogens is 436 g/mol. The third-order valence-corrected chi connectivity index (χ3v) is 6.86. The fraction of sp³-hybridized carbons (Fsp3) is 0.333. The zero-order chi connectivity index (χ0) is 23.8. The van der Waals surface area contributed by atoms with Crippen molar-refractivity contribution in [3.05, 3.63) is 83.0 Å². The molecule has 1 amide bonds. The minimum atomic E-state index is -0.875. The lowest BCUT2D eigenvalue weighted by molar-refractivity contribution is -0.136. The molecule has 0 aliphatic carbocycles. The minimum Gasteiger partial charge on any atom is -0.495 e. The number of ether oxygens (including phenoxy) is 1. The van der Waals surface area contributed by atoms with Gasteiger partial charge in [0.25, 0.3) is 5.91 Å². The minimum absolute atomic E-state index is 0.0287. The summed E-state index contributed by atoms with van der Waals surface area (Å²) in [5.74, 6) is -1.09. The van der Waals surface area contributed by atoms with Gasteiger partial charge >= 0.3 is 0 Å². The molecule has 3 aromatic rings. The molecule has 2 aliphatic heterocycles. The second kappa shape index (κ2) is 9.05. The number of imidazole rings is 1. The number of nitrogens with zero attached hydrogens (tertiary/aromatic N) is 3. The van der Waals surface area contributed by atoms with Gasteiger partial charge in [-0.1, -0.05) is 12.1 Å². The van der Waals surface area contributed by atoms with E-state index in [1.54, 1.807) is 19.5 Å². The van der Waals surface area contributed by atoms with Gasteiger partial charge in [-0.25, -0.2) is 13.8 Å². The van der Waals surface area contributed by atoms with Crippen LogP contribution in [0, 0.1) is 18.6 Å². The summed E-state index contributed by atoms with van der Waals surface area (Å²) in [4.78, 5) is 19.8. The fourth-order valence-electron chi connectivity index (χ4n) is 5.20. The first-order valence-electron chi connectivity index (χ1n) is 11.6. The van der Waals surface area contributed by atoms with E-state index in [2.05, 4.69) is 4.98 Å². The lowest BCUT2D eigenvalue weighted by Crippen LogP contribution is -2.49. The van der Waals surface area contributed by atoms with E-state index in [1.807, 2.05) is 46.9 Å². The fourth-order valence-corrected chi connectivity index (χ4v) is 5.20. The van der Waals surface area contributed by atoms with Crippen molar-refractivity contribution in [2.45, 2.75) is 51.1 Å². The first-order chi connectivity index (χ1) is 16.4. The van der Waals surface area contributed by atoms with Gasteiger partial charge in [0, 0.05) is 17.8 Å². The second-order valence-electron chi connectivity index (χ2n) is 9.05. The lowest BCUT2D eigenvalue weighted by atomic mass is 9.84. The van der Waals surface area contributed by atoms with E-state index in [4.69, 9.17) is 4.74 Å². The predicted molar refractivity (Wildman–Crippen MR) is 126 cm³/mol. The highest BCUT2D eigenvalue weighted by Gasteiger charge is 2.39. The Labute approximate surface area is 197 Å². The van der Waals surface area contributed by atoms with Crippen molar-refractivity contribution in [3.8, 4) is 11.4 Å². The van der Waals surface area contributed by atoms with Crippen LogP contribution in [0.5, 0.6) is 5.75 Å². The van der Waals surface area contributed by atoms with E-state index in [0.29, 0.717) is 17.7 Å². The summed E-state index contributed by atoms with van der Waals surface area (Å²) in [7, 11) is 1.62. The van der Waals surface area contributed by atoms with E-state index in [0.717, 1.165) is 54.3 Å². The van der Waals surface area contributed by atoms with Gasteiger partial charge in [0.05, 0.1) is 30.9 Å². The maximum atomic E-state index is 13.9. The maximum absolute atomic E-state index is 13.9. The van der Waals surface area contributed by atoms with Crippen molar-refractivity contribution in [2.24, 2.45) is 0 Å². The van der Waals surface area contributed by atoms with Gasteiger partial charge in [-0.3, -0.25) is 4.79 Å². The molecule has 2 fully saturated rings. The molecule has 176 valence electrons. The van der Waals surface area contributed by atoms with Crippen LogP contribution >= 0.6 is 0 Å². The number of hydrogen-bond donors (Lipinski definition) is 0. The van der Waals surface area contributed by atoms with Crippen LogP contribution in [0.3, 0.4) is 0 Å². The molecule has 5 rings (SSSR count). The zero-order valence-corrected chi connectivity index (χ0v) is 19.3. The van der Waals surface area contributed by atoms with Gasteiger partial charge in [0.1, 0.15) is 5.75 Å². The summed E-state index contributed by atoms with van der Waals surface area (Å²) in [5, 5.41) is 0. The summed E-state index contributed by atoms with van der Waals surface area (Å²) in [6.07, 6.45) is 9.78. The van der Waals surface area contributed by atoms with Crippen LogP contribution in [0.15, 0.2) is 54.5 Å². The molecule has 2 aliphatic rings. The van der Waals surface area contributed by atoms with Crippen LogP contribution < -0.4 is 4.74 Å². The molecule has 0 spiro atoms. The first kappa shape index (κ1) is 22.3. The van der Waals surface area contributed by atoms with Crippen molar-refractivity contribution in [3.63, 3.8) is 0 Å². The van der Waals surface area contributed by atoms with Gasteiger partial charge in [-0.2, -0.15) is 0 Å². The number of benzene rings is 2. The van der Waals surface area contributed by atoms with Gasteiger partial charge < -0.3 is 14.2 Å². The van der Waals surface area contributed by atoms with E-state index in [1.165, 1.54) is 6.07 Å². The van der Waals surface area contributed by atoms with E-state index in [9.17, 15) is 13.6 Å². The average Bonchev–Trinajstić information content (AvgIpc) is 3.28. The number of fused-ring (bicyclic) bond motifs is 1. The van der Waals surface area contributed by atoms with Gasteiger partial charge in [0.15, 0.2) is 11.6 Å². The third-order valence-electron chi connectivity index (χ3n) is 6.86. The number of halogens is 2.